The molecule has 0 amide bonds. The lowest BCUT2D eigenvalue weighted by Crippen LogP contribution is -2.36. The molecule has 104 valence electrons. The monoisotopic (exact) mass is 261 g/mol. The number of nitrogens with one attached hydrogen (secondary N) is 1. The van der Waals surface area contributed by atoms with Crippen LogP contribution in [0, 0.1) is 11.3 Å². The molecule has 0 saturated carbocycles. The Hall–Kier alpha value is -1.35. The van der Waals surface area contributed by atoms with Gasteiger partial charge < -0.3 is 10.1 Å². The zero-order valence-electron chi connectivity index (χ0n) is 12.1. The van der Waals surface area contributed by atoms with Crippen molar-refractivity contribution < 1.29 is 9.53 Å². The lowest BCUT2D eigenvalue weighted by molar-refractivity contribution is -0.145. The van der Waals surface area contributed by atoms with Crippen LogP contribution in [0.5, 0.6) is 0 Å². The number of rotatable bonds is 2. The Morgan fingerprint density at radius 3 is 2.42 bits per heavy atom. The van der Waals surface area contributed by atoms with Crippen LogP contribution >= 0.6 is 0 Å². The summed E-state index contributed by atoms with van der Waals surface area (Å²) in [6.45, 7) is 6.60. The topological polar surface area (TPSA) is 38.3 Å². The minimum Gasteiger partial charge on any atom is -0.469 e. The third-order valence-electron chi connectivity index (χ3n) is 3.98. The number of hydrogen-bond acceptors (Lipinski definition) is 3. The Morgan fingerprint density at radius 1 is 1.26 bits per heavy atom. The van der Waals surface area contributed by atoms with Crippen molar-refractivity contribution >= 4 is 5.97 Å². The molecular weight excluding hydrogens is 238 g/mol. The first kappa shape index (κ1) is 14.1. The molecule has 3 heteroatoms. The highest BCUT2D eigenvalue weighted by atomic mass is 16.5. The van der Waals surface area contributed by atoms with Crippen LogP contribution in [0.4, 0.5) is 0 Å². The Morgan fingerprint density at radius 2 is 1.89 bits per heavy atom. The highest BCUT2D eigenvalue weighted by Gasteiger charge is 2.43. The second kappa shape index (κ2) is 5.33. The maximum absolute atomic E-state index is 12.0. The van der Waals surface area contributed by atoms with E-state index in [2.05, 4.69) is 38.2 Å². The van der Waals surface area contributed by atoms with Gasteiger partial charge >= 0.3 is 5.97 Å². The molecule has 0 unspecified atom stereocenters. The normalized spacial score (nSPS) is 27.3. The van der Waals surface area contributed by atoms with Gasteiger partial charge in [0.1, 0.15) is 0 Å². The first-order chi connectivity index (χ1) is 8.93. The molecule has 1 aromatic carbocycles. The average molecular weight is 261 g/mol. The van der Waals surface area contributed by atoms with Crippen molar-refractivity contribution in [2.24, 2.45) is 11.3 Å². The first-order valence-electron chi connectivity index (χ1n) is 6.82. The predicted octanol–water partition coefficient (Wildman–Crippen LogP) is 2.92. The molecule has 19 heavy (non-hydrogen) atoms. The molecule has 1 aliphatic rings. The molecule has 1 fully saturated rings. The van der Waals surface area contributed by atoms with Gasteiger partial charge in [0.05, 0.1) is 13.0 Å². The van der Waals surface area contributed by atoms with E-state index in [0.717, 1.165) is 12.0 Å². The zero-order valence-corrected chi connectivity index (χ0v) is 12.1. The van der Waals surface area contributed by atoms with Crippen molar-refractivity contribution in [3.8, 4) is 0 Å². The van der Waals surface area contributed by atoms with Crippen LogP contribution in [-0.4, -0.2) is 19.1 Å². The molecule has 2 rings (SSSR count). The van der Waals surface area contributed by atoms with Gasteiger partial charge in [0, 0.05) is 12.1 Å². The predicted molar refractivity (Wildman–Crippen MR) is 75.7 cm³/mol. The van der Waals surface area contributed by atoms with E-state index >= 15 is 0 Å². The van der Waals surface area contributed by atoms with E-state index in [9.17, 15) is 4.79 Å². The molecule has 1 saturated heterocycles. The summed E-state index contributed by atoms with van der Waals surface area (Å²) in [4.78, 5) is 12.0. The van der Waals surface area contributed by atoms with Crippen molar-refractivity contribution in [1.29, 1.82) is 0 Å². The van der Waals surface area contributed by atoms with Crippen LogP contribution in [0.1, 0.15) is 38.8 Å². The standard InChI is InChI=1S/C16H23NO2/c1-16(2,3)13-10-12(15(18)19-4)14(17-13)11-8-6-5-7-9-11/h5-9,12-14,17H,10H2,1-4H3/t12-,13-,14-/m0/s1. The summed E-state index contributed by atoms with van der Waals surface area (Å²) in [5.74, 6) is -0.218. The molecule has 1 heterocycles. The number of carbonyl (C=O) groups excluding carboxylic acids is 1. The third kappa shape index (κ3) is 2.98. The van der Waals surface area contributed by atoms with Crippen LogP contribution in [0.25, 0.3) is 0 Å². The number of benzene rings is 1. The summed E-state index contributed by atoms with van der Waals surface area (Å²) >= 11 is 0. The smallest absolute Gasteiger partial charge is 0.310 e. The van der Waals surface area contributed by atoms with Crippen LogP contribution < -0.4 is 5.32 Å². The van der Waals surface area contributed by atoms with E-state index in [-0.39, 0.29) is 23.3 Å². The molecule has 1 aliphatic heterocycles. The SMILES string of the molecule is COC(=O)[C@H]1C[C@@H](C(C)(C)C)N[C@H]1c1ccccc1. The summed E-state index contributed by atoms with van der Waals surface area (Å²) in [6.07, 6.45) is 0.829. The Kier molecular flexibility index (Phi) is 3.95. The van der Waals surface area contributed by atoms with Gasteiger partial charge in [-0.1, -0.05) is 51.1 Å². The molecule has 0 radical (unpaired) electrons. The van der Waals surface area contributed by atoms with Gasteiger partial charge in [-0.05, 0) is 17.4 Å². The largest absolute Gasteiger partial charge is 0.469 e. The molecule has 1 aromatic rings. The van der Waals surface area contributed by atoms with Gasteiger partial charge in [0.25, 0.3) is 0 Å². The van der Waals surface area contributed by atoms with E-state index in [1.54, 1.807) is 0 Å². The van der Waals surface area contributed by atoms with Crippen molar-refractivity contribution in [3.05, 3.63) is 35.9 Å². The summed E-state index contributed by atoms with van der Waals surface area (Å²) < 4.78 is 4.97. The Balaban J connectivity index is 2.27. The van der Waals surface area contributed by atoms with Crippen LogP contribution in [-0.2, 0) is 9.53 Å². The fourth-order valence-corrected chi connectivity index (χ4v) is 2.77. The van der Waals surface area contributed by atoms with E-state index < -0.39 is 0 Å². The highest BCUT2D eigenvalue weighted by Crippen LogP contribution is 2.39. The van der Waals surface area contributed by atoms with E-state index in [0.29, 0.717) is 6.04 Å². The summed E-state index contributed by atoms with van der Waals surface area (Å²) in [5.41, 5.74) is 1.29. The maximum atomic E-state index is 12.0. The number of ether oxygens (including phenoxy) is 1. The van der Waals surface area contributed by atoms with Crippen molar-refractivity contribution in [3.63, 3.8) is 0 Å². The summed E-state index contributed by atoms with van der Waals surface area (Å²) in [6, 6.07) is 10.5. The van der Waals surface area contributed by atoms with Crippen molar-refractivity contribution in [1.82, 2.24) is 5.32 Å². The van der Waals surface area contributed by atoms with Crippen molar-refractivity contribution in [2.75, 3.05) is 7.11 Å². The van der Waals surface area contributed by atoms with E-state index in [1.165, 1.54) is 7.11 Å². The minimum absolute atomic E-state index is 0.0536. The number of carbonyl (C=O) groups is 1. The first-order valence-corrected chi connectivity index (χ1v) is 6.82. The lowest BCUT2D eigenvalue weighted by atomic mass is 9.83. The number of methoxy groups -OCH3 is 1. The number of esters is 1. The maximum Gasteiger partial charge on any atom is 0.310 e. The van der Waals surface area contributed by atoms with Crippen molar-refractivity contribution in [2.45, 2.75) is 39.3 Å². The fraction of sp³-hybridized carbons (Fsp3) is 0.562. The fourth-order valence-electron chi connectivity index (χ4n) is 2.77. The molecule has 0 spiro atoms. The molecule has 1 N–H and O–H groups in total. The quantitative estimate of drug-likeness (QED) is 0.832. The summed E-state index contributed by atoms with van der Waals surface area (Å²) in [7, 11) is 1.47. The van der Waals surface area contributed by atoms with Gasteiger partial charge in [-0.15, -0.1) is 0 Å². The number of hydrogen-bond donors (Lipinski definition) is 1. The molecule has 3 nitrogen and oxygen atoms in total. The zero-order chi connectivity index (χ0) is 14.0. The molecule has 0 aromatic heterocycles. The second-order valence-corrected chi connectivity index (χ2v) is 6.34. The molecule has 0 bridgehead atoms. The van der Waals surface area contributed by atoms with E-state index in [1.807, 2.05) is 18.2 Å². The van der Waals surface area contributed by atoms with Gasteiger partial charge in [-0.3, -0.25) is 4.79 Å². The second-order valence-electron chi connectivity index (χ2n) is 6.34. The minimum atomic E-state index is -0.117. The third-order valence-corrected chi connectivity index (χ3v) is 3.98. The van der Waals surface area contributed by atoms with E-state index in [4.69, 9.17) is 4.74 Å². The van der Waals surface area contributed by atoms with Crippen LogP contribution in [0.3, 0.4) is 0 Å². The van der Waals surface area contributed by atoms with Gasteiger partial charge in [0.2, 0.25) is 0 Å². The van der Waals surface area contributed by atoms with Gasteiger partial charge in [-0.2, -0.15) is 0 Å². The van der Waals surface area contributed by atoms with Crippen LogP contribution in [0.2, 0.25) is 0 Å². The van der Waals surface area contributed by atoms with Gasteiger partial charge in [0.15, 0.2) is 0 Å². The lowest BCUT2D eigenvalue weighted by Gasteiger charge is -2.27. The molecule has 3 atom stereocenters. The molecule has 0 aliphatic carbocycles. The Bertz CT molecular complexity index is 436. The summed E-state index contributed by atoms with van der Waals surface area (Å²) in [5, 5.41) is 3.61. The average Bonchev–Trinajstić information content (AvgIpc) is 2.83. The highest BCUT2D eigenvalue weighted by molar-refractivity contribution is 5.74. The van der Waals surface area contributed by atoms with Crippen LogP contribution in [0.15, 0.2) is 30.3 Å². The molecular formula is C16H23NO2. The van der Waals surface area contributed by atoms with Gasteiger partial charge in [-0.25, -0.2) is 0 Å². The Labute approximate surface area is 115 Å².